The van der Waals surface area contributed by atoms with Crippen LogP contribution >= 0.6 is 0 Å². The molecule has 3 nitrogen and oxygen atoms in total. The number of nitrogens with two attached hydrogens (primary N) is 1. The number of hydrogen-bond acceptors (Lipinski definition) is 3. The van der Waals surface area contributed by atoms with Crippen LogP contribution in [0.1, 0.15) is 66.7 Å². The topological polar surface area (TPSA) is 66.5 Å². The molecule has 9 atom stereocenters. The maximum Gasteiger partial charge on any atom is 0.0836 e. The van der Waals surface area contributed by atoms with E-state index in [0.717, 1.165) is 25.7 Å². The van der Waals surface area contributed by atoms with Gasteiger partial charge in [-0.1, -0.05) is 32.4 Å². The largest absolute Gasteiger partial charge is 0.390 e. The number of allylic oxidation sites excluding steroid dienone is 2. The molecule has 3 saturated carbocycles. The molecule has 0 aromatic rings. The molecule has 3 fully saturated rings. The van der Waals surface area contributed by atoms with Crippen LogP contribution in [0.15, 0.2) is 11.6 Å². The van der Waals surface area contributed by atoms with E-state index in [1.807, 2.05) is 0 Å². The molecule has 3 aliphatic rings. The molecule has 0 aromatic carbocycles. The lowest BCUT2D eigenvalue weighted by molar-refractivity contribution is -0.211. The minimum absolute atomic E-state index is 0.124. The summed E-state index contributed by atoms with van der Waals surface area (Å²) in [5.41, 5.74) is 7.88. The molecule has 5 unspecified atom stereocenters. The molecule has 0 amide bonds. The van der Waals surface area contributed by atoms with Crippen LogP contribution in [0.4, 0.5) is 0 Å². The van der Waals surface area contributed by atoms with Crippen LogP contribution in [0.2, 0.25) is 0 Å². The Bertz CT molecular complexity index is 518. The van der Waals surface area contributed by atoms with E-state index in [1.165, 1.54) is 12.0 Å². The number of aliphatic hydroxyl groups is 2. The predicted octanol–water partition coefficient (Wildman–Crippen LogP) is 3.49. The van der Waals surface area contributed by atoms with Crippen molar-refractivity contribution in [3.8, 4) is 0 Å². The van der Waals surface area contributed by atoms with Gasteiger partial charge in [0.25, 0.3) is 0 Å². The smallest absolute Gasteiger partial charge is 0.0836 e. The van der Waals surface area contributed by atoms with E-state index in [1.54, 1.807) is 0 Å². The van der Waals surface area contributed by atoms with E-state index in [4.69, 9.17) is 5.73 Å². The number of rotatable bonds is 1. The molecule has 0 radical (unpaired) electrons. The number of fused-ring (bicyclic) bond motifs is 3. The van der Waals surface area contributed by atoms with Crippen LogP contribution in [0.25, 0.3) is 0 Å². The summed E-state index contributed by atoms with van der Waals surface area (Å²) in [4.78, 5) is 0. The Morgan fingerprint density at radius 3 is 2.38 bits per heavy atom. The average molecular weight is 336 g/mol. The van der Waals surface area contributed by atoms with Crippen LogP contribution in [0.3, 0.4) is 0 Å². The zero-order valence-corrected chi connectivity index (χ0v) is 16.1. The molecule has 0 aliphatic heterocycles. The molecule has 3 heteroatoms. The summed E-state index contributed by atoms with van der Waals surface area (Å²) >= 11 is 0. The predicted molar refractivity (Wildman–Crippen MR) is 98.4 cm³/mol. The van der Waals surface area contributed by atoms with Crippen molar-refractivity contribution >= 4 is 0 Å². The van der Waals surface area contributed by atoms with Crippen molar-refractivity contribution in [3.63, 3.8) is 0 Å². The fourth-order valence-electron chi connectivity index (χ4n) is 6.69. The molecular weight excluding hydrogens is 298 g/mol. The monoisotopic (exact) mass is 335 g/mol. The zero-order chi connectivity index (χ0) is 17.9. The molecule has 0 heterocycles. The van der Waals surface area contributed by atoms with Gasteiger partial charge in [0.2, 0.25) is 0 Å². The Morgan fingerprint density at radius 2 is 1.75 bits per heavy atom. The highest BCUT2D eigenvalue weighted by Gasteiger charge is 2.61. The maximum absolute atomic E-state index is 11.1. The van der Waals surface area contributed by atoms with Crippen molar-refractivity contribution in [2.75, 3.05) is 0 Å². The summed E-state index contributed by atoms with van der Waals surface area (Å²) in [7, 11) is 0. The molecular formula is C21H37NO2. The van der Waals surface area contributed by atoms with E-state index in [9.17, 15) is 10.2 Å². The number of aliphatic hydroxyl groups excluding tert-OH is 2. The van der Waals surface area contributed by atoms with E-state index >= 15 is 0 Å². The highest BCUT2D eigenvalue weighted by atomic mass is 16.3. The summed E-state index contributed by atoms with van der Waals surface area (Å²) in [6.45, 7) is 11.4. The van der Waals surface area contributed by atoms with Gasteiger partial charge in [-0.3, -0.25) is 0 Å². The highest BCUT2D eigenvalue weighted by Crippen LogP contribution is 2.63. The first kappa shape index (κ1) is 18.4. The van der Waals surface area contributed by atoms with Gasteiger partial charge in [0.1, 0.15) is 0 Å². The van der Waals surface area contributed by atoms with E-state index in [2.05, 4.69) is 40.7 Å². The third-order valence-corrected chi connectivity index (χ3v) is 8.82. The third kappa shape index (κ3) is 2.42. The molecule has 4 N–H and O–H groups in total. The lowest BCUT2D eigenvalue weighted by Crippen LogP contribution is -2.64. The second kappa shape index (κ2) is 6.10. The summed E-state index contributed by atoms with van der Waals surface area (Å²) < 4.78 is 0. The Morgan fingerprint density at radius 1 is 1.08 bits per heavy atom. The van der Waals surface area contributed by atoms with Crippen molar-refractivity contribution in [1.29, 1.82) is 0 Å². The summed E-state index contributed by atoms with van der Waals surface area (Å²) in [5, 5.41) is 22.0. The normalized spacial score (nSPS) is 55.7. The van der Waals surface area contributed by atoms with Gasteiger partial charge in [-0.25, -0.2) is 0 Å². The van der Waals surface area contributed by atoms with Gasteiger partial charge >= 0.3 is 0 Å². The van der Waals surface area contributed by atoms with Crippen molar-refractivity contribution < 1.29 is 10.2 Å². The molecule has 0 spiro atoms. The van der Waals surface area contributed by atoms with Gasteiger partial charge < -0.3 is 15.9 Å². The second-order valence-electron chi connectivity index (χ2n) is 9.53. The lowest BCUT2D eigenvalue weighted by Gasteiger charge is -2.63. The molecule has 24 heavy (non-hydrogen) atoms. The molecule has 3 aliphatic carbocycles. The quantitative estimate of drug-likeness (QED) is 0.643. The first-order valence-corrected chi connectivity index (χ1v) is 9.92. The van der Waals surface area contributed by atoms with E-state index in [-0.39, 0.29) is 28.7 Å². The van der Waals surface area contributed by atoms with Crippen molar-refractivity contribution in [2.45, 2.75) is 85.0 Å². The Labute approximate surface area is 147 Å². The van der Waals surface area contributed by atoms with Crippen LogP contribution < -0.4 is 5.73 Å². The van der Waals surface area contributed by atoms with Crippen molar-refractivity contribution in [3.05, 3.63) is 11.6 Å². The van der Waals surface area contributed by atoms with Gasteiger partial charge in [0.05, 0.1) is 12.2 Å². The molecule has 138 valence electrons. The van der Waals surface area contributed by atoms with E-state index < -0.39 is 12.2 Å². The van der Waals surface area contributed by atoms with Gasteiger partial charge in [-0.2, -0.15) is 0 Å². The molecule has 0 bridgehead atoms. The lowest BCUT2D eigenvalue weighted by atomic mass is 9.43. The number of hydrogen-bond donors (Lipinski definition) is 3. The van der Waals surface area contributed by atoms with Crippen molar-refractivity contribution in [1.82, 2.24) is 0 Å². The van der Waals surface area contributed by atoms with Crippen LogP contribution in [0.5, 0.6) is 0 Å². The second-order valence-corrected chi connectivity index (χ2v) is 9.53. The summed E-state index contributed by atoms with van der Waals surface area (Å²) in [5.74, 6) is 1.22. The first-order valence-electron chi connectivity index (χ1n) is 9.92. The highest BCUT2D eigenvalue weighted by molar-refractivity contribution is 5.18. The van der Waals surface area contributed by atoms with Gasteiger partial charge in [0.15, 0.2) is 0 Å². The Hall–Kier alpha value is -0.380. The third-order valence-electron chi connectivity index (χ3n) is 8.82. The minimum atomic E-state index is -0.627. The fourth-order valence-corrected chi connectivity index (χ4v) is 6.69. The van der Waals surface area contributed by atoms with Crippen LogP contribution in [-0.4, -0.2) is 28.5 Å². The van der Waals surface area contributed by atoms with Gasteiger partial charge in [-0.05, 0) is 80.5 Å². The maximum atomic E-state index is 11.1. The van der Waals surface area contributed by atoms with Gasteiger partial charge in [0, 0.05) is 6.04 Å². The Balaban J connectivity index is 1.98. The molecule has 3 rings (SSSR count). The Kier molecular flexibility index (Phi) is 4.68. The van der Waals surface area contributed by atoms with Crippen LogP contribution in [-0.2, 0) is 0 Å². The van der Waals surface area contributed by atoms with Crippen LogP contribution in [0, 0.1) is 34.5 Å². The SMILES string of the molecule is C/C=C(/C)[C@@]1(C)CCC2C(C1C)[C@@H](O)[C@H](O)C1CC(N)CC[C@]21C. The minimum Gasteiger partial charge on any atom is -0.390 e. The molecule has 0 aromatic heterocycles. The average Bonchev–Trinajstić information content (AvgIpc) is 2.56. The first-order chi connectivity index (χ1) is 11.2. The molecule has 0 saturated heterocycles. The standard InChI is InChI=1S/C21H37NO2/c1-6-12(2)20(4)10-8-15-17(13(20)3)19(24)18(23)16-11-14(22)7-9-21(15,16)5/h6,13-19,23-24H,7-11,22H2,1-5H3/b12-6-/t13?,14?,15?,16?,17?,18-,19-,20-,21-/m1/s1. The van der Waals surface area contributed by atoms with E-state index in [0.29, 0.717) is 11.8 Å². The van der Waals surface area contributed by atoms with Gasteiger partial charge in [-0.15, -0.1) is 0 Å². The summed E-state index contributed by atoms with van der Waals surface area (Å²) in [6, 6.07) is 0.179. The van der Waals surface area contributed by atoms with Crippen molar-refractivity contribution in [2.24, 2.45) is 40.2 Å². The fraction of sp³-hybridized carbons (Fsp3) is 0.905. The summed E-state index contributed by atoms with van der Waals surface area (Å²) in [6.07, 6.45) is 6.33. The zero-order valence-electron chi connectivity index (χ0n) is 16.1.